The van der Waals surface area contributed by atoms with Crippen LogP contribution in [0.2, 0.25) is 0 Å². The number of hydrogen-bond acceptors (Lipinski definition) is 6. The summed E-state index contributed by atoms with van der Waals surface area (Å²) in [6.45, 7) is 10.4. The summed E-state index contributed by atoms with van der Waals surface area (Å²) in [4.78, 5) is 26.3. The third kappa shape index (κ3) is 8.05. The molecule has 2 amide bonds. The van der Waals surface area contributed by atoms with Crippen LogP contribution in [0.4, 0.5) is 21.0 Å². The molecule has 0 aromatic heterocycles. The summed E-state index contributed by atoms with van der Waals surface area (Å²) >= 11 is 5.62. The summed E-state index contributed by atoms with van der Waals surface area (Å²) in [6, 6.07) is 6.68. The highest BCUT2D eigenvalue weighted by atomic mass is 35.5. The van der Waals surface area contributed by atoms with Crippen molar-refractivity contribution in [2.45, 2.75) is 58.8 Å². The predicted molar refractivity (Wildman–Crippen MR) is 107 cm³/mol. The maximum Gasteiger partial charge on any atom is 0.424 e. The number of benzene rings is 1. The fraction of sp³-hybridized carbons (Fsp3) is 0.579. The van der Waals surface area contributed by atoms with E-state index in [-0.39, 0.29) is 18.1 Å². The van der Waals surface area contributed by atoms with Crippen LogP contribution in [-0.4, -0.2) is 47.0 Å². The van der Waals surface area contributed by atoms with Gasteiger partial charge in [0.05, 0.1) is 23.4 Å². The Morgan fingerprint density at radius 1 is 1.07 bits per heavy atom. The lowest BCUT2D eigenvalue weighted by Gasteiger charge is -2.29. The van der Waals surface area contributed by atoms with Gasteiger partial charge in [0.1, 0.15) is 11.2 Å². The van der Waals surface area contributed by atoms with Crippen LogP contribution in [0, 0.1) is 0 Å². The molecule has 0 heterocycles. The Kier molecular flexibility index (Phi) is 7.92. The molecule has 1 unspecified atom stereocenters. The summed E-state index contributed by atoms with van der Waals surface area (Å²) < 4.78 is 10.8. The standard InChI is InChI=1S/C19H29ClN2O5/c1-18(2,3)26-16(24)22(17(25)27-19(4,5)6)15-10-8-7-9-14(15)21-12-13(23)11-20/h7-10,13,21,23H,11-12H2,1-6H3. The number of aliphatic hydroxyl groups is 1. The summed E-state index contributed by atoms with van der Waals surface area (Å²) in [7, 11) is 0. The molecule has 7 nitrogen and oxygen atoms in total. The molecule has 8 heteroatoms. The van der Waals surface area contributed by atoms with E-state index in [1.54, 1.807) is 65.8 Å². The van der Waals surface area contributed by atoms with Gasteiger partial charge in [-0.2, -0.15) is 4.90 Å². The van der Waals surface area contributed by atoms with Crippen molar-refractivity contribution in [3.63, 3.8) is 0 Å². The maximum absolute atomic E-state index is 12.7. The first-order chi connectivity index (χ1) is 12.3. The second kappa shape index (κ2) is 9.28. The second-order valence-electron chi connectivity index (χ2n) is 8.00. The van der Waals surface area contributed by atoms with Crippen molar-refractivity contribution in [1.82, 2.24) is 0 Å². The van der Waals surface area contributed by atoms with Crippen LogP contribution in [0.15, 0.2) is 24.3 Å². The zero-order chi connectivity index (χ0) is 20.8. The molecule has 0 fully saturated rings. The number of rotatable bonds is 5. The van der Waals surface area contributed by atoms with Gasteiger partial charge in [-0.05, 0) is 53.7 Å². The Labute approximate surface area is 165 Å². The number of alkyl halides is 1. The minimum atomic E-state index is -0.858. The topological polar surface area (TPSA) is 88.1 Å². The molecule has 27 heavy (non-hydrogen) atoms. The number of imide groups is 1. The van der Waals surface area contributed by atoms with Crippen molar-refractivity contribution in [3.05, 3.63) is 24.3 Å². The van der Waals surface area contributed by atoms with E-state index in [0.29, 0.717) is 5.69 Å². The van der Waals surface area contributed by atoms with Crippen LogP contribution in [0.5, 0.6) is 0 Å². The SMILES string of the molecule is CC(C)(C)OC(=O)N(C(=O)OC(C)(C)C)c1ccccc1NCC(O)CCl. The fourth-order valence-corrected chi connectivity index (χ4v) is 2.10. The van der Waals surface area contributed by atoms with Gasteiger partial charge in [-0.15, -0.1) is 11.6 Å². The van der Waals surface area contributed by atoms with Crippen LogP contribution < -0.4 is 10.2 Å². The van der Waals surface area contributed by atoms with E-state index in [1.807, 2.05) is 0 Å². The van der Waals surface area contributed by atoms with Crippen molar-refractivity contribution in [2.75, 3.05) is 22.6 Å². The average molecular weight is 401 g/mol. The van der Waals surface area contributed by atoms with Crippen LogP contribution in [0.3, 0.4) is 0 Å². The van der Waals surface area contributed by atoms with E-state index in [0.717, 1.165) is 4.90 Å². The summed E-state index contributed by atoms with van der Waals surface area (Å²) in [5, 5.41) is 12.7. The Morgan fingerprint density at radius 3 is 2.00 bits per heavy atom. The van der Waals surface area contributed by atoms with E-state index in [1.165, 1.54) is 0 Å². The van der Waals surface area contributed by atoms with Crippen LogP contribution in [0.25, 0.3) is 0 Å². The number of ether oxygens (including phenoxy) is 2. The van der Waals surface area contributed by atoms with Gasteiger partial charge in [-0.1, -0.05) is 12.1 Å². The molecule has 0 saturated carbocycles. The normalized spacial score (nSPS) is 12.9. The van der Waals surface area contributed by atoms with E-state index in [9.17, 15) is 14.7 Å². The van der Waals surface area contributed by atoms with Crippen molar-refractivity contribution >= 4 is 35.2 Å². The predicted octanol–water partition coefficient (Wildman–Crippen LogP) is 4.37. The number of amides is 2. The van der Waals surface area contributed by atoms with Gasteiger partial charge in [0.15, 0.2) is 0 Å². The second-order valence-corrected chi connectivity index (χ2v) is 8.31. The van der Waals surface area contributed by atoms with Gasteiger partial charge in [0, 0.05) is 6.54 Å². The van der Waals surface area contributed by atoms with E-state index in [2.05, 4.69) is 5.32 Å². The quantitative estimate of drug-likeness (QED) is 0.713. The molecule has 2 N–H and O–H groups in total. The molecule has 0 bridgehead atoms. The maximum atomic E-state index is 12.7. The van der Waals surface area contributed by atoms with Gasteiger partial charge < -0.3 is 19.9 Å². The Morgan fingerprint density at radius 2 is 1.56 bits per heavy atom. The third-order valence-electron chi connectivity index (χ3n) is 3.00. The molecule has 1 rings (SSSR count). The molecule has 0 aliphatic rings. The lowest BCUT2D eigenvalue weighted by atomic mass is 10.2. The Bertz CT molecular complexity index is 624. The van der Waals surface area contributed by atoms with Gasteiger partial charge in [0.25, 0.3) is 0 Å². The first-order valence-corrected chi connectivity index (χ1v) is 9.20. The van der Waals surface area contributed by atoms with Crippen molar-refractivity contribution < 1.29 is 24.2 Å². The first-order valence-electron chi connectivity index (χ1n) is 8.67. The molecule has 0 spiro atoms. The minimum absolute atomic E-state index is 0.0526. The third-order valence-corrected chi connectivity index (χ3v) is 3.36. The van der Waals surface area contributed by atoms with Gasteiger partial charge in [0.2, 0.25) is 0 Å². The number of nitrogens with zero attached hydrogens (tertiary/aromatic N) is 1. The Balaban J connectivity index is 3.26. The molecule has 152 valence electrons. The minimum Gasteiger partial charge on any atom is -0.443 e. The van der Waals surface area contributed by atoms with Crippen LogP contribution in [0.1, 0.15) is 41.5 Å². The van der Waals surface area contributed by atoms with E-state index >= 15 is 0 Å². The van der Waals surface area contributed by atoms with Crippen LogP contribution in [-0.2, 0) is 9.47 Å². The number of nitrogens with one attached hydrogen (secondary N) is 1. The largest absolute Gasteiger partial charge is 0.443 e. The van der Waals surface area contributed by atoms with Crippen molar-refractivity contribution in [2.24, 2.45) is 0 Å². The summed E-state index contributed by atoms with van der Waals surface area (Å²) in [5.41, 5.74) is -0.885. The smallest absolute Gasteiger partial charge is 0.424 e. The van der Waals surface area contributed by atoms with E-state index in [4.69, 9.17) is 21.1 Å². The van der Waals surface area contributed by atoms with Gasteiger partial charge in [-0.25, -0.2) is 9.59 Å². The molecule has 0 aliphatic carbocycles. The van der Waals surface area contributed by atoms with E-state index < -0.39 is 29.5 Å². The summed E-state index contributed by atoms with van der Waals surface area (Å²) in [5.74, 6) is 0.0526. The highest BCUT2D eigenvalue weighted by molar-refractivity contribution is 6.18. The Hall–Kier alpha value is -1.99. The van der Waals surface area contributed by atoms with Gasteiger partial charge in [-0.3, -0.25) is 0 Å². The number of carbonyl (C=O) groups excluding carboxylic acids is 2. The number of carbonyl (C=O) groups is 2. The molecule has 0 saturated heterocycles. The number of aliphatic hydroxyl groups excluding tert-OH is 1. The molecule has 1 aromatic rings. The number of halogens is 1. The fourth-order valence-electron chi connectivity index (χ4n) is 1.99. The number of anilines is 2. The van der Waals surface area contributed by atoms with Gasteiger partial charge >= 0.3 is 12.2 Å². The zero-order valence-corrected chi connectivity index (χ0v) is 17.5. The monoisotopic (exact) mass is 400 g/mol. The molecular formula is C19H29ClN2O5. The molecule has 1 atom stereocenters. The number of hydrogen-bond donors (Lipinski definition) is 2. The molecule has 0 aliphatic heterocycles. The van der Waals surface area contributed by atoms with Crippen LogP contribution >= 0.6 is 11.6 Å². The lowest BCUT2D eigenvalue weighted by Crippen LogP contribution is -2.44. The highest BCUT2D eigenvalue weighted by Gasteiger charge is 2.33. The zero-order valence-electron chi connectivity index (χ0n) is 16.7. The molecular weight excluding hydrogens is 372 g/mol. The first kappa shape index (κ1) is 23.0. The van der Waals surface area contributed by atoms with Crippen molar-refractivity contribution in [3.8, 4) is 0 Å². The number of para-hydroxylation sites is 2. The molecule has 0 radical (unpaired) electrons. The molecule has 1 aromatic carbocycles. The van der Waals surface area contributed by atoms with Crippen molar-refractivity contribution in [1.29, 1.82) is 0 Å². The average Bonchev–Trinajstić information content (AvgIpc) is 2.50. The lowest BCUT2D eigenvalue weighted by molar-refractivity contribution is 0.0431. The summed E-state index contributed by atoms with van der Waals surface area (Å²) in [6.07, 6.45) is -2.50. The highest BCUT2D eigenvalue weighted by Crippen LogP contribution is 2.29.